The third kappa shape index (κ3) is 10.8. The first-order chi connectivity index (χ1) is 12.2. The van der Waals surface area contributed by atoms with E-state index >= 15 is 0 Å². The third-order valence-electron chi connectivity index (χ3n) is 3.41. The van der Waals surface area contributed by atoms with Gasteiger partial charge < -0.3 is 14.2 Å². The summed E-state index contributed by atoms with van der Waals surface area (Å²) in [5.74, 6) is -0.408. The fraction of sp³-hybridized carbons (Fsp3) is 0.579. The van der Waals surface area contributed by atoms with Crippen molar-refractivity contribution in [3.63, 3.8) is 0 Å². The number of hydrogen-bond donors (Lipinski definition) is 0. The smallest absolute Gasteiger partial charge is 0.308 e. The highest BCUT2D eigenvalue weighted by Crippen LogP contribution is 2.10. The molecule has 0 aliphatic rings. The summed E-state index contributed by atoms with van der Waals surface area (Å²) in [6.07, 6.45) is 2.52. The van der Waals surface area contributed by atoms with E-state index < -0.39 is 18.2 Å². The molecule has 0 aliphatic carbocycles. The lowest BCUT2D eigenvalue weighted by molar-refractivity contribution is -0.181. The summed E-state index contributed by atoms with van der Waals surface area (Å²) in [6, 6.07) is 9.39. The number of ether oxygens (including phenoxy) is 3. The highest BCUT2D eigenvalue weighted by Gasteiger charge is 2.16. The van der Waals surface area contributed by atoms with Crippen molar-refractivity contribution in [2.45, 2.75) is 58.3 Å². The summed E-state index contributed by atoms with van der Waals surface area (Å²) in [6.45, 7) is 2.80. The zero-order valence-corrected chi connectivity index (χ0v) is 15.5. The SMILES string of the molecule is CCCCOC(CCCCl)OC(=O)CCC(=O)OCc1ccccc1. The zero-order valence-electron chi connectivity index (χ0n) is 14.7. The predicted octanol–water partition coefficient (Wildman–Crippen LogP) is 4.22. The second-order valence-corrected chi connectivity index (χ2v) is 6.00. The number of alkyl halides is 1. The molecule has 0 bridgehead atoms. The Labute approximate surface area is 154 Å². The second kappa shape index (κ2) is 13.7. The van der Waals surface area contributed by atoms with Gasteiger partial charge in [-0.25, -0.2) is 0 Å². The molecule has 1 rings (SSSR count). The molecule has 140 valence electrons. The van der Waals surface area contributed by atoms with Gasteiger partial charge in [0.2, 0.25) is 6.29 Å². The Morgan fingerprint density at radius 2 is 1.80 bits per heavy atom. The van der Waals surface area contributed by atoms with Crippen molar-refractivity contribution in [3.8, 4) is 0 Å². The molecule has 0 aliphatic heterocycles. The van der Waals surface area contributed by atoms with E-state index in [1.165, 1.54) is 0 Å². The van der Waals surface area contributed by atoms with Crippen LogP contribution in [0.2, 0.25) is 0 Å². The van der Waals surface area contributed by atoms with Crippen LogP contribution in [0.1, 0.15) is 51.0 Å². The molecule has 0 saturated heterocycles. The molecule has 0 amide bonds. The minimum atomic E-state index is -0.599. The number of halogens is 1. The van der Waals surface area contributed by atoms with E-state index in [1.807, 2.05) is 30.3 Å². The topological polar surface area (TPSA) is 61.8 Å². The van der Waals surface area contributed by atoms with Crippen LogP contribution in [0.5, 0.6) is 0 Å². The fourth-order valence-electron chi connectivity index (χ4n) is 2.00. The number of carbonyl (C=O) groups excluding carboxylic acids is 2. The molecule has 25 heavy (non-hydrogen) atoms. The van der Waals surface area contributed by atoms with Crippen molar-refractivity contribution in [2.24, 2.45) is 0 Å². The second-order valence-electron chi connectivity index (χ2n) is 5.62. The number of hydrogen-bond acceptors (Lipinski definition) is 5. The number of unbranched alkanes of at least 4 members (excludes halogenated alkanes) is 1. The molecule has 1 atom stereocenters. The highest BCUT2D eigenvalue weighted by atomic mass is 35.5. The van der Waals surface area contributed by atoms with E-state index in [0.717, 1.165) is 18.4 Å². The molecule has 0 spiro atoms. The van der Waals surface area contributed by atoms with Crippen LogP contribution in [0.3, 0.4) is 0 Å². The average Bonchev–Trinajstić information content (AvgIpc) is 2.63. The van der Waals surface area contributed by atoms with E-state index in [0.29, 0.717) is 25.3 Å². The van der Waals surface area contributed by atoms with Gasteiger partial charge in [-0.1, -0.05) is 43.7 Å². The maximum atomic E-state index is 11.9. The monoisotopic (exact) mass is 370 g/mol. The summed E-state index contributed by atoms with van der Waals surface area (Å²) < 4.78 is 16.0. The molecular formula is C19H27ClO5. The van der Waals surface area contributed by atoms with Gasteiger partial charge in [0, 0.05) is 12.3 Å². The Morgan fingerprint density at radius 3 is 2.48 bits per heavy atom. The maximum Gasteiger partial charge on any atom is 0.308 e. The van der Waals surface area contributed by atoms with E-state index in [9.17, 15) is 9.59 Å². The molecule has 6 heteroatoms. The van der Waals surface area contributed by atoms with E-state index in [-0.39, 0.29) is 19.4 Å². The van der Waals surface area contributed by atoms with Gasteiger partial charge in [-0.05, 0) is 18.4 Å². The van der Waals surface area contributed by atoms with Crippen LogP contribution in [0, 0.1) is 0 Å². The molecule has 0 heterocycles. The standard InChI is InChI=1S/C19H27ClO5/c1-2-3-14-23-19(10-7-13-20)25-18(22)12-11-17(21)24-15-16-8-5-4-6-9-16/h4-6,8-9,19H,2-3,7,10-15H2,1H3. The van der Waals surface area contributed by atoms with Crippen molar-refractivity contribution in [1.82, 2.24) is 0 Å². The third-order valence-corrected chi connectivity index (χ3v) is 3.68. The lowest BCUT2D eigenvalue weighted by atomic mass is 10.2. The Bertz CT molecular complexity index is 492. The van der Waals surface area contributed by atoms with Crippen molar-refractivity contribution in [1.29, 1.82) is 0 Å². The summed E-state index contributed by atoms with van der Waals surface area (Å²) in [5.41, 5.74) is 0.906. The molecule has 0 fully saturated rings. The summed E-state index contributed by atoms with van der Waals surface area (Å²) in [5, 5.41) is 0. The van der Waals surface area contributed by atoms with Crippen LogP contribution < -0.4 is 0 Å². The Kier molecular flexibility index (Phi) is 11.7. The number of esters is 2. The zero-order chi connectivity index (χ0) is 18.3. The van der Waals surface area contributed by atoms with Gasteiger partial charge in [0.1, 0.15) is 6.61 Å². The van der Waals surface area contributed by atoms with Crippen LogP contribution in [-0.4, -0.2) is 30.7 Å². The normalized spacial score (nSPS) is 11.8. The van der Waals surface area contributed by atoms with Gasteiger partial charge >= 0.3 is 11.9 Å². The van der Waals surface area contributed by atoms with Crippen LogP contribution >= 0.6 is 11.6 Å². The van der Waals surface area contributed by atoms with Crippen LogP contribution in [-0.2, 0) is 30.4 Å². The van der Waals surface area contributed by atoms with Gasteiger partial charge in [0.25, 0.3) is 0 Å². The van der Waals surface area contributed by atoms with Gasteiger partial charge in [0.05, 0.1) is 19.4 Å². The van der Waals surface area contributed by atoms with E-state index in [1.54, 1.807) is 0 Å². The van der Waals surface area contributed by atoms with Gasteiger partial charge in [0.15, 0.2) is 0 Å². The van der Waals surface area contributed by atoms with Gasteiger partial charge in [-0.2, -0.15) is 0 Å². The molecule has 5 nitrogen and oxygen atoms in total. The Hall–Kier alpha value is -1.59. The molecule has 1 unspecified atom stereocenters. The van der Waals surface area contributed by atoms with Crippen molar-refractivity contribution in [2.75, 3.05) is 12.5 Å². The molecule has 1 aromatic rings. The summed E-state index contributed by atoms with van der Waals surface area (Å²) in [7, 11) is 0. The van der Waals surface area contributed by atoms with Crippen molar-refractivity contribution in [3.05, 3.63) is 35.9 Å². The quantitative estimate of drug-likeness (QED) is 0.225. The molecule has 0 radical (unpaired) electrons. The molecule has 0 aromatic heterocycles. The van der Waals surface area contributed by atoms with Crippen LogP contribution in [0.15, 0.2) is 30.3 Å². The Balaban J connectivity index is 2.26. The summed E-state index contributed by atoms with van der Waals surface area (Å²) in [4.78, 5) is 23.6. The summed E-state index contributed by atoms with van der Waals surface area (Å²) >= 11 is 5.67. The minimum absolute atomic E-state index is 0.0111. The van der Waals surface area contributed by atoms with Crippen LogP contribution in [0.25, 0.3) is 0 Å². The van der Waals surface area contributed by atoms with Gasteiger partial charge in [-0.3, -0.25) is 9.59 Å². The van der Waals surface area contributed by atoms with Gasteiger partial charge in [-0.15, -0.1) is 11.6 Å². The predicted molar refractivity (Wildman–Crippen MR) is 96.2 cm³/mol. The van der Waals surface area contributed by atoms with Crippen molar-refractivity contribution < 1.29 is 23.8 Å². The molecular weight excluding hydrogens is 344 g/mol. The largest absolute Gasteiger partial charge is 0.461 e. The number of benzene rings is 1. The number of rotatable bonds is 13. The van der Waals surface area contributed by atoms with Crippen molar-refractivity contribution >= 4 is 23.5 Å². The lowest BCUT2D eigenvalue weighted by Crippen LogP contribution is -2.23. The first kappa shape index (κ1) is 21.5. The van der Waals surface area contributed by atoms with E-state index in [4.69, 9.17) is 25.8 Å². The van der Waals surface area contributed by atoms with E-state index in [2.05, 4.69) is 6.92 Å². The number of carbonyl (C=O) groups is 2. The Morgan fingerprint density at radius 1 is 1.08 bits per heavy atom. The average molecular weight is 371 g/mol. The fourth-order valence-corrected chi connectivity index (χ4v) is 2.15. The lowest BCUT2D eigenvalue weighted by Gasteiger charge is -2.18. The minimum Gasteiger partial charge on any atom is -0.461 e. The molecule has 0 saturated carbocycles. The molecule has 0 N–H and O–H groups in total. The first-order valence-corrected chi connectivity index (χ1v) is 9.25. The highest BCUT2D eigenvalue weighted by molar-refractivity contribution is 6.17. The maximum absolute atomic E-state index is 11.9. The molecule has 1 aromatic carbocycles. The van der Waals surface area contributed by atoms with Crippen LogP contribution in [0.4, 0.5) is 0 Å². The first-order valence-electron chi connectivity index (χ1n) is 8.72.